The number of nitrogens with zero attached hydrogens (tertiary/aromatic N) is 1. The molecule has 2 unspecified atom stereocenters. The molecule has 0 bridgehead atoms. The Morgan fingerprint density at radius 1 is 1.37 bits per heavy atom. The maximum atomic E-state index is 6.09. The summed E-state index contributed by atoms with van der Waals surface area (Å²) in [6.45, 7) is 4.10. The normalized spacial score (nSPS) is 31.6. The number of halogens is 1. The third-order valence-electron chi connectivity index (χ3n) is 4.40. The molecule has 2 aliphatic rings. The zero-order valence-corrected chi connectivity index (χ0v) is 13.0. The van der Waals surface area contributed by atoms with Crippen LogP contribution in [-0.4, -0.2) is 35.6 Å². The van der Waals surface area contributed by atoms with E-state index >= 15 is 0 Å². The highest BCUT2D eigenvalue weighted by molar-refractivity contribution is 9.10. The minimum atomic E-state index is 0.0375. The molecule has 3 nitrogen and oxygen atoms in total. The van der Waals surface area contributed by atoms with Gasteiger partial charge in [0.15, 0.2) is 0 Å². The highest BCUT2D eigenvalue weighted by atomic mass is 79.9. The van der Waals surface area contributed by atoms with Crippen molar-refractivity contribution in [2.24, 2.45) is 5.73 Å². The molecule has 1 heterocycles. The number of rotatable bonds is 4. The van der Waals surface area contributed by atoms with Crippen LogP contribution in [0.15, 0.2) is 28.7 Å². The zero-order valence-electron chi connectivity index (χ0n) is 11.4. The minimum Gasteiger partial charge on any atom is -0.377 e. The fourth-order valence-electron chi connectivity index (χ4n) is 3.28. The molecule has 0 radical (unpaired) electrons. The van der Waals surface area contributed by atoms with Gasteiger partial charge in [0.05, 0.1) is 5.54 Å². The summed E-state index contributed by atoms with van der Waals surface area (Å²) >= 11 is 3.47. The highest BCUT2D eigenvalue weighted by Crippen LogP contribution is 2.38. The molecule has 3 N–H and O–H groups in total. The average Bonchev–Trinajstić information content (AvgIpc) is 3.18. The van der Waals surface area contributed by atoms with Crippen LogP contribution in [0.5, 0.6) is 0 Å². The van der Waals surface area contributed by atoms with Gasteiger partial charge < -0.3 is 11.1 Å². The van der Waals surface area contributed by atoms with Crippen LogP contribution < -0.4 is 11.1 Å². The molecule has 0 amide bonds. The molecular weight excluding hydrogens is 302 g/mol. The second-order valence-electron chi connectivity index (χ2n) is 6.07. The van der Waals surface area contributed by atoms with Crippen LogP contribution in [0.25, 0.3) is 0 Å². The first-order valence-electron chi connectivity index (χ1n) is 7.11. The summed E-state index contributed by atoms with van der Waals surface area (Å²) < 4.78 is 1.11. The number of benzene rings is 1. The van der Waals surface area contributed by atoms with Gasteiger partial charge in [-0.05, 0) is 50.5 Å². The Hall–Kier alpha value is -0.580. The topological polar surface area (TPSA) is 41.3 Å². The quantitative estimate of drug-likeness (QED) is 0.895. The van der Waals surface area contributed by atoms with Crippen molar-refractivity contribution in [3.8, 4) is 0 Å². The first kappa shape index (κ1) is 13.4. The molecule has 1 aromatic carbocycles. The second-order valence-corrected chi connectivity index (χ2v) is 6.99. The van der Waals surface area contributed by atoms with Gasteiger partial charge in [-0.3, -0.25) is 4.90 Å². The maximum Gasteiger partial charge on any atom is 0.0637 e. The fourth-order valence-corrected chi connectivity index (χ4v) is 3.54. The Morgan fingerprint density at radius 2 is 2.05 bits per heavy atom. The summed E-state index contributed by atoms with van der Waals surface area (Å²) in [6.07, 6.45) is 3.86. The number of nitrogens with two attached hydrogens (primary N) is 1. The highest BCUT2D eigenvalue weighted by Gasteiger charge is 2.46. The molecule has 1 saturated heterocycles. The van der Waals surface area contributed by atoms with E-state index < -0.39 is 0 Å². The number of anilines is 1. The predicted molar refractivity (Wildman–Crippen MR) is 83.4 cm³/mol. The van der Waals surface area contributed by atoms with E-state index in [2.05, 4.69) is 57.3 Å². The summed E-state index contributed by atoms with van der Waals surface area (Å²) in [5.74, 6) is 0. The molecule has 0 spiro atoms. The molecule has 1 aromatic rings. The zero-order chi connectivity index (χ0) is 13.5. The van der Waals surface area contributed by atoms with Gasteiger partial charge in [-0.15, -0.1) is 0 Å². The Bertz CT molecular complexity index is 443. The summed E-state index contributed by atoms with van der Waals surface area (Å²) in [7, 11) is 0. The van der Waals surface area contributed by atoms with Crippen molar-refractivity contribution in [3.63, 3.8) is 0 Å². The average molecular weight is 324 g/mol. The van der Waals surface area contributed by atoms with Crippen LogP contribution in [0.4, 0.5) is 5.69 Å². The molecule has 3 rings (SSSR count). The van der Waals surface area contributed by atoms with Crippen molar-refractivity contribution in [1.82, 2.24) is 4.90 Å². The van der Waals surface area contributed by atoms with Gasteiger partial charge in [-0.1, -0.05) is 15.9 Å². The van der Waals surface area contributed by atoms with E-state index in [1.165, 1.54) is 18.5 Å². The first-order chi connectivity index (χ1) is 9.12. The standard InChI is InChI=1S/C15H22BrN3/c1-11-8-15(9-17,10-19(11)14-6-7-14)18-13-4-2-12(16)3-5-13/h2-5,11,14,18H,6-10,17H2,1H3. The lowest BCUT2D eigenvalue weighted by Crippen LogP contribution is -2.48. The van der Waals surface area contributed by atoms with Crippen LogP contribution in [0.1, 0.15) is 26.2 Å². The molecule has 1 aliphatic heterocycles. The smallest absolute Gasteiger partial charge is 0.0637 e. The van der Waals surface area contributed by atoms with Crippen molar-refractivity contribution >= 4 is 21.6 Å². The van der Waals surface area contributed by atoms with Crippen molar-refractivity contribution in [2.75, 3.05) is 18.4 Å². The fraction of sp³-hybridized carbons (Fsp3) is 0.600. The third-order valence-corrected chi connectivity index (χ3v) is 4.93. The number of hydrogen-bond acceptors (Lipinski definition) is 3. The summed E-state index contributed by atoms with van der Waals surface area (Å²) in [4.78, 5) is 2.64. The number of nitrogens with one attached hydrogen (secondary N) is 1. The molecule has 104 valence electrons. The van der Waals surface area contributed by atoms with Gasteiger partial charge in [-0.2, -0.15) is 0 Å². The van der Waals surface area contributed by atoms with Gasteiger partial charge in [0, 0.05) is 35.3 Å². The predicted octanol–water partition coefficient (Wildman–Crippen LogP) is 2.82. The van der Waals surface area contributed by atoms with Crippen molar-refractivity contribution in [1.29, 1.82) is 0 Å². The van der Waals surface area contributed by atoms with Crippen molar-refractivity contribution in [2.45, 2.75) is 43.8 Å². The van der Waals surface area contributed by atoms with Crippen LogP contribution in [0, 0.1) is 0 Å². The molecular formula is C15H22BrN3. The van der Waals surface area contributed by atoms with Crippen LogP contribution in [-0.2, 0) is 0 Å². The Labute approximate surface area is 123 Å². The Morgan fingerprint density at radius 3 is 2.63 bits per heavy atom. The summed E-state index contributed by atoms with van der Waals surface area (Å²) in [6, 6.07) is 9.83. The maximum absolute atomic E-state index is 6.09. The lowest BCUT2D eigenvalue weighted by Gasteiger charge is -2.30. The van der Waals surface area contributed by atoms with Gasteiger partial charge in [0.1, 0.15) is 0 Å². The van der Waals surface area contributed by atoms with Crippen LogP contribution >= 0.6 is 15.9 Å². The van der Waals surface area contributed by atoms with Gasteiger partial charge in [-0.25, -0.2) is 0 Å². The van der Waals surface area contributed by atoms with E-state index in [1.807, 2.05) is 0 Å². The second kappa shape index (κ2) is 5.08. The van der Waals surface area contributed by atoms with Crippen LogP contribution in [0.2, 0.25) is 0 Å². The largest absolute Gasteiger partial charge is 0.377 e. The minimum absolute atomic E-state index is 0.0375. The molecule has 1 saturated carbocycles. The number of likely N-dealkylation sites (tertiary alicyclic amines) is 1. The SMILES string of the molecule is CC1CC(CN)(Nc2ccc(Br)cc2)CN1C1CC1. The van der Waals surface area contributed by atoms with E-state index in [4.69, 9.17) is 5.73 Å². The third kappa shape index (κ3) is 2.81. The lowest BCUT2D eigenvalue weighted by molar-refractivity contribution is 0.252. The molecule has 1 aliphatic carbocycles. The molecule has 0 aromatic heterocycles. The van der Waals surface area contributed by atoms with Crippen molar-refractivity contribution < 1.29 is 0 Å². The molecule has 2 atom stereocenters. The monoisotopic (exact) mass is 323 g/mol. The van der Waals surface area contributed by atoms with Crippen LogP contribution in [0.3, 0.4) is 0 Å². The van der Waals surface area contributed by atoms with Gasteiger partial charge in [0.2, 0.25) is 0 Å². The first-order valence-corrected chi connectivity index (χ1v) is 7.91. The van der Waals surface area contributed by atoms with E-state index in [-0.39, 0.29) is 5.54 Å². The Balaban J connectivity index is 1.74. The van der Waals surface area contributed by atoms with Gasteiger partial charge in [0.25, 0.3) is 0 Å². The Kier molecular flexibility index (Phi) is 3.58. The molecule has 4 heteroatoms. The van der Waals surface area contributed by atoms with E-state index in [0.29, 0.717) is 12.6 Å². The van der Waals surface area contributed by atoms with E-state index in [9.17, 15) is 0 Å². The van der Waals surface area contributed by atoms with Gasteiger partial charge >= 0.3 is 0 Å². The van der Waals surface area contributed by atoms with E-state index in [0.717, 1.165) is 23.5 Å². The summed E-state index contributed by atoms with van der Waals surface area (Å²) in [5.41, 5.74) is 7.30. The number of hydrogen-bond donors (Lipinski definition) is 2. The summed E-state index contributed by atoms with van der Waals surface area (Å²) in [5, 5.41) is 3.69. The molecule has 2 fully saturated rings. The molecule has 19 heavy (non-hydrogen) atoms. The van der Waals surface area contributed by atoms with Crippen molar-refractivity contribution in [3.05, 3.63) is 28.7 Å². The lowest BCUT2D eigenvalue weighted by atomic mass is 9.96. The van der Waals surface area contributed by atoms with E-state index in [1.54, 1.807) is 0 Å².